The molecule has 0 aliphatic heterocycles. The number of rotatable bonds is 5. The van der Waals surface area contributed by atoms with Crippen molar-refractivity contribution in [3.8, 4) is 0 Å². The molecule has 1 atom stereocenters. The molecule has 84 valence electrons. The molecule has 0 aliphatic rings. The molecule has 0 saturated heterocycles. The number of hydrogen-bond acceptors (Lipinski definition) is 4. The zero-order valence-corrected chi connectivity index (χ0v) is 9.24. The van der Waals surface area contributed by atoms with Crippen LogP contribution in [0.3, 0.4) is 0 Å². The monoisotopic (exact) mass is 224 g/mol. The molecule has 14 heavy (non-hydrogen) atoms. The lowest BCUT2D eigenvalue weighted by molar-refractivity contribution is 0.311. The Kier molecular flexibility index (Phi) is 4.81. The van der Waals surface area contributed by atoms with Crippen LogP contribution in [-0.4, -0.2) is 43.4 Å². The topological polar surface area (TPSA) is 108 Å². The van der Waals surface area contributed by atoms with Gasteiger partial charge in [0.1, 0.15) is 0 Å². The van der Waals surface area contributed by atoms with Gasteiger partial charge in [-0.05, 0) is 6.92 Å². The van der Waals surface area contributed by atoms with Gasteiger partial charge in [0.15, 0.2) is 5.84 Å². The van der Waals surface area contributed by atoms with E-state index in [2.05, 4.69) is 9.88 Å². The summed E-state index contributed by atoms with van der Waals surface area (Å²) in [5.74, 6) is -0.158. The molecule has 0 fully saturated rings. The van der Waals surface area contributed by atoms with Crippen LogP contribution < -0.4 is 10.5 Å². The molecule has 0 aliphatic carbocycles. The standard InChI is InChI=1S/C6H16N4O3S/c1-4-8-14(12,13)10(3)5(2)6(7)9-11/h5,8,11H,4H2,1-3H3,(H2,7,9). The van der Waals surface area contributed by atoms with Gasteiger partial charge >= 0.3 is 0 Å². The minimum atomic E-state index is -3.55. The quantitative estimate of drug-likeness (QED) is 0.238. The van der Waals surface area contributed by atoms with Gasteiger partial charge in [-0.15, -0.1) is 0 Å². The second-order valence-electron chi connectivity index (χ2n) is 2.72. The van der Waals surface area contributed by atoms with Crippen LogP contribution >= 0.6 is 0 Å². The Bertz CT molecular complexity index is 300. The molecule has 7 nitrogen and oxygen atoms in total. The van der Waals surface area contributed by atoms with Crippen molar-refractivity contribution < 1.29 is 13.6 Å². The molecule has 0 aromatic carbocycles. The second kappa shape index (κ2) is 5.13. The maximum Gasteiger partial charge on any atom is 0.279 e. The average Bonchev–Trinajstić information content (AvgIpc) is 2.14. The number of nitrogens with zero attached hydrogens (tertiary/aromatic N) is 2. The van der Waals surface area contributed by atoms with Crippen LogP contribution in [0.1, 0.15) is 13.8 Å². The first-order valence-electron chi connectivity index (χ1n) is 4.06. The van der Waals surface area contributed by atoms with Gasteiger partial charge in [-0.2, -0.15) is 12.7 Å². The van der Waals surface area contributed by atoms with Crippen LogP contribution in [0.5, 0.6) is 0 Å². The highest BCUT2D eigenvalue weighted by molar-refractivity contribution is 7.87. The number of nitrogens with two attached hydrogens (primary N) is 1. The molecule has 4 N–H and O–H groups in total. The van der Waals surface area contributed by atoms with Crippen LogP contribution in [0.2, 0.25) is 0 Å². The van der Waals surface area contributed by atoms with Crippen molar-refractivity contribution in [1.82, 2.24) is 9.03 Å². The first kappa shape index (κ1) is 13.1. The van der Waals surface area contributed by atoms with Crippen molar-refractivity contribution in [3.63, 3.8) is 0 Å². The Labute approximate surface area is 83.8 Å². The molecule has 1 unspecified atom stereocenters. The highest BCUT2D eigenvalue weighted by atomic mass is 32.2. The van der Waals surface area contributed by atoms with Crippen LogP contribution in [0.4, 0.5) is 0 Å². The molecule has 0 aromatic heterocycles. The predicted octanol–water partition coefficient (Wildman–Crippen LogP) is -1.09. The van der Waals surface area contributed by atoms with Crippen LogP contribution in [0.15, 0.2) is 5.16 Å². The van der Waals surface area contributed by atoms with Gasteiger partial charge in [0, 0.05) is 13.6 Å². The van der Waals surface area contributed by atoms with E-state index in [1.54, 1.807) is 6.92 Å². The van der Waals surface area contributed by atoms with Gasteiger partial charge < -0.3 is 10.9 Å². The second-order valence-corrected chi connectivity index (χ2v) is 4.53. The van der Waals surface area contributed by atoms with Crippen molar-refractivity contribution in [2.75, 3.05) is 13.6 Å². The van der Waals surface area contributed by atoms with E-state index in [1.165, 1.54) is 14.0 Å². The molecule has 0 heterocycles. The van der Waals surface area contributed by atoms with Gasteiger partial charge in [-0.1, -0.05) is 12.1 Å². The maximum absolute atomic E-state index is 11.4. The van der Waals surface area contributed by atoms with Crippen molar-refractivity contribution in [1.29, 1.82) is 0 Å². The number of likely N-dealkylation sites (N-methyl/N-ethyl adjacent to an activating group) is 1. The third kappa shape index (κ3) is 3.13. The fourth-order valence-corrected chi connectivity index (χ4v) is 1.85. The molecule has 0 amide bonds. The highest BCUT2D eigenvalue weighted by Gasteiger charge is 2.24. The summed E-state index contributed by atoms with van der Waals surface area (Å²) >= 11 is 0. The van der Waals surface area contributed by atoms with E-state index < -0.39 is 16.3 Å². The smallest absolute Gasteiger partial charge is 0.279 e. The van der Waals surface area contributed by atoms with Gasteiger partial charge in [0.2, 0.25) is 0 Å². The minimum absolute atomic E-state index is 0.158. The summed E-state index contributed by atoms with van der Waals surface area (Å²) in [5.41, 5.74) is 5.28. The van der Waals surface area contributed by atoms with E-state index in [9.17, 15) is 8.42 Å². The zero-order valence-electron chi connectivity index (χ0n) is 8.43. The largest absolute Gasteiger partial charge is 0.409 e. The molecular formula is C6H16N4O3S. The van der Waals surface area contributed by atoms with Gasteiger partial charge in [-0.25, -0.2) is 4.72 Å². The molecular weight excluding hydrogens is 208 g/mol. The summed E-state index contributed by atoms with van der Waals surface area (Å²) < 4.78 is 26.1. The minimum Gasteiger partial charge on any atom is -0.409 e. The Balaban J connectivity index is 4.70. The molecule has 0 radical (unpaired) electrons. The predicted molar refractivity (Wildman–Crippen MR) is 53.2 cm³/mol. The Morgan fingerprint density at radius 2 is 2.21 bits per heavy atom. The molecule has 0 aromatic rings. The lowest BCUT2D eigenvalue weighted by Gasteiger charge is -2.22. The lowest BCUT2D eigenvalue weighted by atomic mass is 10.3. The summed E-state index contributed by atoms with van der Waals surface area (Å²) in [6, 6.07) is -0.691. The lowest BCUT2D eigenvalue weighted by Crippen LogP contribution is -2.48. The van der Waals surface area contributed by atoms with Gasteiger partial charge in [0.05, 0.1) is 6.04 Å². The summed E-state index contributed by atoms with van der Waals surface area (Å²) in [6.45, 7) is 3.47. The van der Waals surface area contributed by atoms with Gasteiger partial charge in [0.25, 0.3) is 10.2 Å². The zero-order chi connectivity index (χ0) is 11.4. The molecule has 0 spiro atoms. The molecule has 8 heteroatoms. The van der Waals surface area contributed by atoms with E-state index in [1.807, 2.05) is 0 Å². The molecule has 0 saturated carbocycles. The van der Waals surface area contributed by atoms with Crippen LogP contribution in [0.25, 0.3) is 0 Å². The highest BCUT2D eigenvalue weighted by Crippen LogP contribution is 2.01. The SMILES string of the molecule is CCNS(=O)(=O)N(C)C(C)C(N)=NO. The molecule has 0 rings (SSSR count). The van der Waals surface area contributed by atoms with E-state index in [4.69, 9.17) is 10.9 Å². The van der Waals surface area contributed by atoms with E-state index in [-0.39, 0.29) is 12.4 Å². The summed E-state index contributed by atoms with van der Waals surface area (Å²) in [6.07, 6.45) is 0. The fourth-order valence-electron chi connectivity index (χ4n) is 0.762. The first-order chi connectivity index (χ1) is 6.36. The van der Waals surface area contributed by atoms with Crippen molar-refractivity contribution in [2.24, 2.45) is 10.9 Å². The summed E-state index contributed by atoms with van der Waals surface area (Å²) in [4.78, 5) is 0. The number of amidine groups is 1. The molecule has 0 bridgehead atoms. The van der Waals surface area contributed by atoms with E-state index in [0.29, 0.717) is 0 Å². The van der Waals surface area contributed by atoms with Gasteiger partial charge in [-0.3, -0.25) is 0 Å². The van der Waals surface area contributed by atoms with Crippen LogP contribution in [-0.2, 0) is 10.2 Å². The number of nitrogens with one attached hydrogen (secondary N) is 1. The Morgan fingerprint density at radius 1 is 1.71 bits per heavy atom. The average molecular weight is 224 g/mol. The summed E-state index contributed by atoms with van der Waals surface area (Å²) in [5, 5.41) is 11.1. The first-order valence-corrected chi connectivity index (χ1v) is 5.50. The Hall–Kier alpha value is -0.860. The maximum atomic E-state index is 11.4. The Morgan fingerprint density at radius 3 is 2.57 bits per heavy atom. The summed E-state index contributed by atoms with van der Waals surface area (Å²) in [7, 11) is -2.21. The third-order valence-corrected chi connectivity index (χ3v) is 3.52. The third-order valence-electron chi connectivity index (χ3n) is 1.79. The fraction of sp³-hybridized carbons (Fsp3) is 0.833. The van der Waals surface area contributed by atoms with Crippen molar-refractivity contribution >= 4 is 16.0 Å². The van der Waals surface area contributed by atoms with E-state index in [0.717, 1.165) is 4.31 Å². The van der Waals surface area contributed by atoms with Crippen molar-refractivity contribution in [2.45, 2.75) is 19.9 Å². The van der Waals surface area contributed by atoms with E-state index >= 15 is 0 Å². The van der Waals surface area contributed by atoms with Crippen molar-refractivity contribution in [3.05, 3.63) is 0 Å². The number of oxime groups is 1. The normalized spacial score (nSPS) is 15.9. The van der Waals surface area contributed by atoms with Crippen LogP contribution in [0, 0.1) is 0 Å². The number of hydrogen-bond donors (Lipinski definition) is 3.